The van der Waals surface area contributed by atoms with Crippen LogP contribution in [0, 0.1) is 23.2 Å². The average molecular weight is 320 g/mol. The molecule has 0 aliphatic heterocycles. The summed E-state index contributed by atoms with van der Waals surface area (Å²) in [5, 5.41) is 0. The van der Waals surface area contributed by atoms with Crippen molar-refractivity contribution in [3.05, 3.63) is 0 Å². The lowest BCUT2D eigenvalue weighted by Gasteiger charge is -2.57. The van der Waals surface area contributed by atoms with Crippen molar-refractivity contribution >= 4 is 17.5 Å². The molecule has 4 aliphatic rings. The molecule has 0 atom stereocenters. The van der Waals surface area contributed by atoms with Crippen molar-refractivity contribution in [1.82, 2.24) is 4.90 Å². The van der Waals surface area contributed by atoms with Gasteiger partial charge in [0.2, 0.25) is 5.91 Å². The van der Waals surface area contributed by atoms with Gasteiger partial charge in [-0.3, -0.25) is 4.79 Å². The number of hydrogen-bond acceptors (Lipinski definition) is 1. The average Bonchev–Trinajstić information content (AvgIpc) is 2.35. The summed E-state index contributed by atoms with van der Waals surface area (Å²) in [6.07, 6.45) is 5.37. The lowest BCUT2D eigenvalue weighted by Crippen LogP contribution is -2.49. The van der Waals surface area contributed by atoms with Gasteiger partial charge in [-0.25, -0.2) is 8.78 Å². The van der Waals surface area contributed by atoms with Crippen LogP contribution in [0.4, 0.5) is 8.78 Å². The van der Waals surface area contributed by atoms with E-state index in [0.717, 1.165) is 37.0 Å². The molecule has 4 bridgehead atoms. The number of carbonyl (C=O) groups excluding carboxylic acids is 1. The first kappa shape index (κ1) is 15.5. The minimum atomic E-state index is -2.48. The molecule has 0 unspecified atom stereocenters. The predicted molar refractivity (Wildman–Crippen MR) is 78.5 cm³/mol. The Morgan fingerprint density at radius 3 is 2.10 bits per heavy atom. The van der Waals surface area contributed by atoms with Gasteiger partial charge in [0, 0.05) is 18.8 Å². The molecule has 0 saturated heterocycles. The van der Waals surface area contributed by atoms with Gasteiger partial charge in [0.05, 0.1) is 6.54 Å². The first-order chi connectivity index (χ1) is 9.99. The van der Waals surface area contributed by atoms with E-state index in [2.05, 4.69) is 0 Å². The van der Waals surface area contributed by atoms with Gasteiger partial charge in [-0.2, -0.15) is 0 Å². The van der Waals surface area contributed by atoms with Gasteiger partial charge in [-0.1, -0.05) is 0 Å². The van der Waals surface area contributed by atoms with Crippen LogP contribution >= 0.6 is 11.6 Å². The third-order valence-corrected chi connectivity index (χ3v) is 5.93. The van der Waals surface area contributed by atoms with E-state index < -0.39 is 13.0 Å². The minimum Gasteiger partial charge on any atom is -0.336 e. The fourth-order valence-corrected chi connectivity index (χ4v) is 5.73. The molecular weight excluding hydrogens is 296 g/mol. The maximum Gasteiger partial charge on any atom is 0.255 e. The molecule has 4 aliphatic carbocycles. The van der Waals surface area contributed by atoms with Gasteiger partial charge in [0.1, 0.15) is 0 Å². The number of halogens is 3. The monoisotopic (exact) mass is 319 g/mol. The molecular formula is C16H24ClF2NO. The number of nitrogens with zero attached hydrogens (tertiary/aromatic N) is 1. The Morgan fingerprint density at radius 1 is 1.14 bits per heavy atom. The van der Waals surface area contributed by atoms with E-state index >= 15 is 0 Å². The highest BCUT2D eigenvalue weighted by Crippen LogP contribution is 2.61. The molecule has 0 N–H and O–H groups in total. The number of amides is 1. The van der Waals surface area contributed by atoms with Crippen LogP contribution in [0.2, 0.25) is 0 Å². The second-order valence-electron chi connectivity index (χ2n) is 7.51. The fourth-order valence-electron chi connectivity index (χ4n) is 5.53. The maximum atomic E-state index is 12.6. The molecule has 21 heavy (non-hydrogen) atoms. The Balaban J connectivity index is 1.65. The molecule has 0 radical (unpaired) electrons. The van der Waals surface area contributed by atoms with Crippen LogP contribution in [0.5, 0.6) is 0 Å². The van der Waals surface area contributed by atoms with Crippen LogP contribution in [-0.2, 0) is 4.79 Å². The number of rotatable bonds is 6. The predicted octanol–water partition coefficient (Wildman–Crippen LogP) is 3.93. The van der Waals surface area contributed by atoms with E-state index in [-0.39, 0.29) is 23.7 Å². The SMILES string of the molecule is O=C(CC12CC3CC(CC(C3)C1)C2)N(CCCl)CC(F)F. The Bertz CT molecular complexity index is 366. The highest BCUT2D eigenvalue weighted by atomic mass is 35.5. The van der Waals surface area contributed by atoms with Crippen molar-refractivity contribution in [3.63, 3.8) is 0 Å². The van der Waals surface area contributed by atoms with E-state index in [1.165, 1.54) is 24.2 Å². The van der Waals surface area contributed by atoms with E-state index in [4.69, 9.17) is 11.6 Å². The Hall–Kier alpha value is -0.380. The number of carbonyl (C=O) groups is 1. The van der Waals surface area contributed by atoms with Crippen molar-refractivity contribution in [2.45, 2.75) is 51.4 Å². The second-order valence-corrected chi connectivity index (χ2v) is 7.89. The van der Waals surface area contributed by atoms with Crippen molar-refractivity contribution in [2.75, 3.05) is 19.0 Å². The van der Waals surface area contributed by atoms with E-state index in [0.29, 0.717) is 6.42 Å². The molecule has 120 valence electrons. The summed E-state index contributed by atoms with van der Waals surface area (Å²) in [4.78, 5) is 13.8. The standard InChI is InChI=1S/C16H24ClF2NO/c17-1-2-20(10-14(18)19)15(21)9-16-6-11-3-12(7-16)5-13(4-11)8-16/h11-14H,1-10H2. The van der Waals surface area contributed by atoms with Crippen LogP contribution in [0.3, 0.4) is 0 Å². The normalized spacial score (nSPS) is 37.2. The highest BCUT2D eigenvalue weighted by molar-refractivity contribution is 6.18. The topological polar surface area (TPSA) is 20.3 Å². The highest BCUT2D eigenvalue weighted by Gasteiger charge is 2.51. The van der Waals surface area contributed by atoms with Crippen LogP contribution in [0.15, 0.2) is 0 Å². The molecule has 4 saturated carbocycles. The van der Waals surface area contributed by atoms with Gasteiger partial charge < -0.3 is 4.90 Å². The molecule has 2 nitrogen and oxygen atoms in total. The van der Waals surface area contributed by atoms with Crippen LogP contribution < -0.4 is 0 Å². The first-order valence-corrected chi connectivity index (χ1v) is 8.65. The zero-order valence-corrected chi connectivity index (χ0v) is 13.1. The Labute approximate surface area is 130 Å². The summed E-state index contributed by atoms with van der Waals surface area (Å²) < 4.78 is 25.3. The quantitative estimate of drug-likeness (QED) is 0.679. The van der Waals surface area contributed by atoms with Gasteiger partial charge in [-0.15, -0.1) is 11.6 Å². The Morgan fingerprint density at radius 2 is 1.67 bits per heavy atom. The number of hydrogen-bond donors (Lipinski definition) is 0. The lowest BCUT2D eigenvalue weighted by atomic mass is 9.49. The Kier molecular flexibility index (Phi) is 4.45. The zero-order valence-electron chi connectivity index (χ0n) is 12.4. The molecule has 0 aromatic heterocycles. The molecule has 0 spiro atoms. The summed E-state index contributed by atoms with van der Waals surface area (Å²) in [5.41, 5.74) is 0.110. The molecule has 0 heterocycles. The zero-order chi connectivity index (χ0) is 15.0. The van der Waals surface area contributed by atoms with E-state index in [1.54, 1.807) is 0 Å². The van der Waals surface area contributed by atoms with Gasteiger partial charge >= 0.3 is 0 Å². The molecule has 4 rings (SSSR count). The van der Waals surface area contributed by atoms with Crippen LogP contribution in [0.25, 0.3) is 0 Å². The molecule has 0 aromatic rings. The van der Waals surface area contributed by atoms with Gasteiger partial charge in [0.25, 0.3) is 6.43 Å². The van der Waals surface area contributed by atoms with E-state index in [1.807, 2.05) is 0 Å². The summed E-state index contributed by atoms with van der Waals surface area (Å²) >= 11 is 5.66. The lowest BCUT2D eigenvalue weighted by molar-refractivity contribution is -0.141. The molecule has 1 amide bonds. The minimum absolute atomic E-state index is 0.110. The van der Waals surface area contributed by atoms with Crippen molar-refractivity contribution in [1.29, 1.82) is 0 Å². The molecule has 5 heteroatoms. The summed E-state index contributed by atoms with van der Waals surface area (Å²) in [6.45, 7) is -0.241. The smallest absolute Gasteiger partial charge is 0.255 e. The summed E-state index contributed by atoms with van der Waals surface area (Å²) in [5.74, 6) is 2.44. The third kappa shape index (κ3) is 3.35. The van der Waals surface area contributed by atoms with Crippen molar-refractivity contribution in [2.24, 2.45) is 23.2 Å². The summed E-state index contributed by atoms with van der Waals surface area (Å²) in [7, 11) is 0. The molecule has 0 aromatic carbocycles. The van der Waals surface area contributed by atoms with E-state index in [9.17, 15) is 13.6 Å². The van der Waals surface area contributed by atoms with Crippen LogP contribution in [0.1, 0.15) is 44.9 Å². The van der Waals surface area contributed by atoms with Crippen molar-refractivity contribution < 1.29 is 13.6 Å². The van der Waals surface area contributed by atoms with Gasteiger partial charge in [0.15, 0.2) is 0 Å². The van der Waals surface area contributed by atoms with Crippen molar-refractivity contribution in [3.8, 4) is 0 Å². The third-order valence-electron chi connectivity index (χ3n) is 5.76. The largest absolute Gasteiger partial charge is 0.336 e. The molecule has 4 fully saturated rings. The fraction of sp³-hybridized carbons (Fsp3) is 0.938. The van der Waals surface area contributed by atoms with Gasteiger partial charge in [-0.05, 0) is 61.7 Å². The summed E-state index contributed by atoms with van der Waals surface area (Å²) in [6, 6.07) is 0. The maximum absolute atomic E-state index is 12.6. The number of alkyl halides is 3. The van der Waals surface area contributed by atoms with Crippen LogP contribution in [-0.4, -0.2) is 36.2 Å². The second kappa shape index (κ2) is 6.02. The first-order valence-electron chi connectivity index (χ1n) is 8.11.